The minimum Gasteiger partial charge on any atom is -0.504 e. The molecule has 2 bridgehead atoms. The third kappa shape index (κ3) is 7.86. The molecule has 7 aliphatic rings. The Morgan fingerprint density at radius 3 is 2.35 bits per heavy atom. The lowest BCUT2D eigenvalue weighted by Crippen LogP contribution is -2.67. The van der Waals surface area contributed by atoms with Crippen molar-refractivity contribution in [3.8, 4) is 0 Å². The van der Waals surface area contributed by atoms with Crippen molar-refractivity contribution in [3.63, 3.8) is 0 Å². The predicted octanol–water partition coefficient (Wildman–Crippen LogP) is 5.90. The van der Waals surface area contributed by atoms with Crippen LogP contribution < -0.4 is 10.6 Å². The molecule has 12 nitrogen and oxygen atoms in total. The molecule has 2 saturated carbocycles. The van der Waals surface area contributed by atoms with E-state index in [1.807, 2.05) is 13.8 Å². The lowest BCUT2D eigenvalue weighted by atomic mass is 9.59. The number of halogens is 6. The summed E-state index contributed by atoms with van der Waals surface area (Å²) in [6.07, 6.45) is -7.72. The van der Waals surface area contributed by atoms with Gasteiger partial charge in [0, 0.05) is 31.3 Å². The molecule has 2 amide bonds. The van der Waals surface area contributed by atoms with Crippen molar-refractivity contribution in [1.29, 1.82) is 0 Å². The van der Waals surface area contributed by atoms with E-state index in [-0.39, 0.29) is 68.7 Å². The third-order valence-corrected chi connectivity index (χ3v) is 11.5. The fourth-order valence-corrected chi connectivity index (χ4v) is 9.12. The molecule has 51 heavy (non-hydrogen) atoms. The number of rotatable bonds is 7. The Balaban J connectivity index is 0.00000248. The van der Waals surface area contributed by atoms with Crippen molar-refractivity contribution in [3.05, 3.63) is 22.7 Å². The number of carbonyl (C=O) groups is 2. The van der Waals surface area contributed by atoms with E-state index in [9.17, 15) is 41.0 Å². The molecule has 5 N–H and O–H groups in total. The number of ether oxygens (including phenoxy) is 3. The summed E-state index contributed by atoms with van der Waals surface area (Å²) in [5.74, 6) is -8.00. The zero-order chi connectivity index (χ0) is 37.3. The second kappa shape index (κ2) is 15.8. The maximum absolute atomic E-state index is 14.4. The summed E-state index contributed by atoms with van der Waals surface area (Å²) in [7, 11) is 0. The number of alkyl halides is 6. The first-order chi connectivity index (χ1) is 24.1. The molecule has 0 aromatic heterocycles. The van der Waals surface area contributed by atoms with E-state index in [0.29, 0.717) is 25.7 Å². The Labute approximate surface area is 290 Å². The van der Waals surface area contributed by atoms with Crippen LogP contribution in [0.4, 0.5) is 26.3 Å². The van der Waals surface area contributed by atoms with E-state index in [1.54, 1.807) is 0 Å². The van der Waals surface area contributed by atoms with Gasteiger partial charge in [-0.1, -0.05) is 19.8 Å². The Bertz CT molecular complexity index is 1340. The molecule has 10 unspecified atom stereocenters. The number of fused-ring (bicyclic) bond motifs is 3. The van der Waals surface area contributed by atoms with Crippen LogP contribution in [0.15, 0.2) is 22.7 Å². The minimum atomic E-state index is -5.15. The van der Waals surface area contributed by atoms with Crippen LogP contribution in [-0.2, 0) is 33.6 Å². The Hall–Kier alpha value is -2.64. The summed E-state index contributed by atoms with van der Waals surface area (Å²) in [4.78, 5) is 38.0. The molecular formula is C33H46F6N2O10. The SMILES string of the molecule is CC1CCC2CCCC(/C(C(=O)NCCCNC(=O)C3=C(C(F)(F)F)OC4OC5CCC6C(C)CCC3C46OO5)=C(\O)C(F)(F)F)C2CO1.OO. The molecule has 10 atom stereocenters. The van der Waals surface area contributed by atoms with E-state index in [1.165, 1.54) is 0 Å². The Morgan fingerprint density at radius 2 is 1.65 bits per heavy atom. The molecule has 6 fully saturated rings. The van der Waals surface area contributed by atoms with Crippen LogP contribution in [0.2, 0.25) is 0 Å². The number of aliphatic hydroxyl groups is 1. The van der Waals surface area contributed by atoms with Gasteiger partial charge in [0.1, 0.15) is 0 Å². The fourth-order valence-electron chi connectivity index (χ4n) is 9.12. The first-order valence-corrected chi connectivity index (χ1v) is 17.5. The second-order valence-electron chi connectivity index (χ2n) is 14.4. The summed E-state index contributed by atoms with van der Waals surface area (Å²) < 4.78 is 101. The average molecular weight is 745 g/mol. The lowest BCUT2D eigenvalue weighted by Gasteiger charge is -2.56. The summed E-state index contributed by atoms with van der Waals surface area (Å²) in [5, 5.41) is 27.2. The number of carbonyl (C=O) groups excluding carboxylic acids is 2. The van der Waals surface area contributed by atoms with Crippen molar-refractivity contribution >= 4 is 11.8 Å². The quantitative estimate of drug-likeness (QED) is 0.0529. The van der Waals surface area contributed by atoms with Crippen LogP contribution in [0.3, 0.4) is 0 Å². The molecular weight excluding hydrogens is 698 g/mol. The number of aliphatic hydroxyl groups excluding tert-OH is 1. The number of allylic oxidation sites excluding steroid dienone is 2. The van der Waals surface area contributed by atoms with E-state index in [2.05, 4.69) is 10.6 Å². The van der Waals surface area contributed by atoms with Gasteiger partial charge in [-0.25, -0.2) is 9.78 Å². The number of amides is 2. The normalized spacial score (nSPS) is 36.9. The highest BCUT2D eigenvalue weighted by Gasteiger charge is 2.69. The second-order valence-corrected chi connectivity index (χ2v) is 14.4. The van der Waals surface area contributed by atoms with Crippen LogP contribution in [0.25, 0.3) is 0 Å². The molecule has 7 rings (SSSR count). The minimum absolute atomic E-state index is 0.0210. The van der Waals surface area contributed by atoms with Crippen molar-refractivity contribution in [2.45, 2.75) is 115 Å². The van der Waals surface area contributed by atoms with Gasteiger partial charge in [0.05, 0.1) is 23.9 Å². The topological polar surface area (TPSA) is 165 Å². The molecule has 1 spiro atoms. The van der Waals surface area contributed by atoms with E-state index >= 15 is 0 Å². The molecule has 0 aromatic rings. The zero-order valence-electron chi connectivity index (χ0n) is 28.4. The average Bonchev–Trinajstić information content (AvgIpc) is 3.47. The first kappa shape index (κ1) is 39.6. The Kier molecular flexibility index (Phi) is 12.2. The van der Waals surface area contributed by atoms with Gasteiger partial charge in [0.15, 0.2) is 11.9 Å². The van der Waals surface area contributed by atoms with Crippen LogP contribution in [0.1, 0.15) is 78.1 Å². The monoisotopic (exact) mass is 744 g/mol. The number of hydrogen-bond donors (Lipinski definition) is 5. The highest BCUT2D eigenvalue weighted by Crippen LogP contribution is 2.59. The summed E-state index contributed by atoms with van der Waals surface area (Å²) in [5.41, 5.74) is -2.81. The lowest BCUT2D eigenvalue weighted by molar-refractivity contribution is -0.527. The van der Waals surface area contributed by atoms with Crippen LogP contribution in [0, 0.1) is 35.5 Å². The van der Waals surface area contributed by atoms with Crippen LogP contribution >= 0.6 is 0 Å². The maximum Gasteiger partial charge on any atom is 0.449 e. The Morgan fingerprint density at radius 1 is 0.922 bits per heavy atom. The number of hydrogen-bond acceptors (Lipinski definition) is 10. The van der Waals surface area contributed by atoms with Crippen LogP contribution in [-0.4, -0.2) is 83.8 Å². The molecule has 5 aliphatic heterocycles. The predicted molar refractivity (Wildman–Crippen MR) is 163 cm³/mol. The molecule has 4 saturated heterocycles. The van der Waals surface area contributed by atoms with Crippen molar-refractivity contribution in [2.75, 3.05) is 19.7 Å². The summed E-state index contributed by atoms with van der Waals surface area (Å²) >= 11 is 0. The van der Waals surface area contributed by atoms with Gasteiger partial charge in [0.2, 0.25) is 17.8 Å². The fraction of sp³-hybridized carbons (Fsp3) is 0.818. The largest absolute Gasteiger partial charge is 0.504 e. The molecule has 290 valence electrons. The highest BCUT2D eigenvalue weighted by atomic mass is 19.4. The first-order valence-electron chi connectivity index (χ1n) is 17.5. The van der Waals surface area contributed by atoms with Crippen molar-refractivity contribution in [1.82, 2.24) is 10.6 Å². The maximum atomic E-state index is 14.4. The molecule has 5 heterocycles. The summed E-state index contributed by atoms with van der Waals surface area (Å²) in [6, 6.07) is 0. The van der Waals surface area contributed by atoms with E-state index in [0.717, 1.165) is 19.3 Å². The van der Waals surface area contributed by atoms with Crippen molar-refractivity contribution in [2.24, 2.45) is 35.5 Å². The molecule has 0 aromatic carbocycles. The van der Waals surface area contributed by atoms with Gasteiger partial charge in [-0.3, -0.25) is 20.1 Å². The van der Waals surface area contributed by atoms with Gasteiger partial charge in [-0.05, 0) is 75.5 Å². The van der Waals surface area contributed by atoms with Gasteiger partial charge in [0.25, 0.3) is 11.8 Å². The smallest absolute Gasteiger partial charge is 0.449 e. The van der Waals surface area contributed by atoms with Crippen molar-refractivity contribution < 1.29 is 75.5 Å². The van der Waals surface area contributed by atoms with Gasteiger partial charge >= 0.3 is 12.4 Å². The molecule has 18 heteroatoms. The number of nitrogens with one attached hydrogen (secondary N) is 2. The zero-order valence-corrected chi connectivity index (χ0v) is 28.4. The van der Waals surface area contributed by atoms with Crippen LogP contribution in [0.5, 0.6) is 0 Å². The molecule has 0 radical (unpaired) electrons. The standard InChI is InChI=1S/C33H44F6N2O8.H2O2/c1-16-7-10-22-25(27(33(37,38)39)47-30-31(22)21(16)11-12-23(46-30)48-49-31)29(44)41-14-4-13-40-28(43)24(26(42)32(34,35)36)19-6-3-5-18-9-8-17(2)45-15-20(18)19;1-2/h16-23,30,42H,3-15H2,1-2H3,(H,40,43)(H,41,44);1-2H/b26-24+;. The van der Waals surface area contributed by atoms with Gasteiger partial charge < -0.3 is 30.0 Å². The third-order valence-electron chi connectivity index (χ3n) is 11.5. The van der Waals surface area contributed by atoms with E-state index in [4.69, 9.17) is 34.5 Å². The van der Waals surface area contributed by atoms with E-state index < -0.39 is 76.8 Å². The highest BCUT2D eigenvalue weighted by molar-refractivity contribution is 5.95. The summed E-state index contributed by atoms with van der Waals surface area (Å²) in [6.45, 7) is 3.61. The molecule has 2 aliphatic carbocycles. The van der Waals surface area contributed by atoms with Gasteiger partial charge in [-0.2, -0.15) is 26.3 Å². The van der Waals surface area contributed by atoms with Gasteiger partial charge in [-0.15, -0.1) is 0 Å².